The minimum absolute atomic E-state index is 0.0417. The number of piperidine rings is 1. The molecule has 0 amide bonds. The summed E-state index contributed by atoms with van der Waals surface area (Å²) in [5, 5.41) is 4.27. The van der Waals surface area contributed by atoms with E-state index >= 15 is 0 Å². The second-order valence-electron chi connectivity index (χ2n) is 6.18. The first-order chi connectivity index (χ1) is 12.5. The lowest BCUT2D eigenvalue weighted by molar-refractivity contribution is -0.148. The maximum absolute atomic E-state index is 11.9. The largest absolute Gasteiger partial charge is 0.466 e. The number of hydrogen-bond acceptors (Lipinski definition) is 7. The van der Waals surface area contributed by atoms with E-state index in [0.29, 0.717) is 22.8 Å². The Morgan fingerprint density at radius 3 is 2.69 bits per heavy atom. The summed E-state index contributed by atoms with van der Waals surface area (Å²) < 4.78 is 13.4. The van der Waals surface area contributed by atoms with Crippen molar-refractivity contribution in [1.82, 2.24) is 19.7 Å². The smallest absolute Gasteiger partial charge is 0.309 e. The third-order valence-electron chi connectivity index (χ3n) is 4.31. The molecule has 0 spiro atoms. The molecule has 0 unspecified atom stereocenters. The Morgan fingerprint density at radius 2 is 2.08 bits per heavy atom. The molecule has 0 N–H and O–H groups in total. The number of ether oxygens (including phenoxy) is 2. The summed E-state index contributed by atoms with van der Waals surface area (Å²) in [7, 11) is 1.82. The number of aryl methyl sites for hydroxylation is 2. The highest BCUT2D eigenvalue weighted by molar-refractivity contribution is 9.10. The van der Waals surface area contributed by atoms with Crippen LogP contribution in [0.4, 0.5) is 5.82 Å². The van der Waals surface area contributed by atoms with E-state index in [4.69, 9.17) is 9.47 Å². The molecule has 26 heavy (non-hydrogen) atoms. The van der Waals surface area contributed by atoms with Crippen molar-refractivity contribution in [1.29, 1.82) is 0 Å². The van der Waals surface area contributed by atoms with Gasteiger partial charge in [0, 0.05) is 26.2 Å². The molecule has 0 aliphatic carbocycles. The van der Waals surface area contributed by atoms with Gasteiger partial charge in [0.15, 0.2) is 0 Å². The van der Waals surface area contributed by atoms with Gasteiger partial charge in [0.25, 0.3) is 0 Å². The zero-order valence-corrected chi connectivity index (χ0v) is 16.7. The number of anilines is 1. The summed E-state index contributed by atoms with van der Waals surface area (Å²) >= 11 is 3.56. The molecular formula is C17H22BrN5O3. The Balaban J connectivity index is 1.72. The normalized spacial score (nSPS) is 15.2. The van der Waals surface area contributed by atoms with Crippen molar-refractivity contribution in [2.24, 2.45) is 13.0 Å². The van der Waals surface area contributed by atoms with Crippen molar-refractivity contribution in [3.8, 4) is 11.8 Å². The highest BCUT2D eigenvalue weighted by atomic mass is 79.9. The van der Waals surface area contributed by atoms with Crippen molar-refractivity contribution in [3.05, 3.63) is 22.6 Å². The fourth-order valence-electron chi connectivity index (χ4n) is 3.01. The first-order valence-corrected chi connectivity index (χ1v) is 9.39. The van der Waals surface area contributed by atoms with Gasteiger partial charge in [-0.3, -0.25) is 4.79 Å². The summed E-state index contributed by atoms with van der Waals surface area (Å²) in [6.45, 7) is 5.61. The second-order valence-corrected chi connectivity index (χ2v) is 6.97. The minimum atomic E-state index is -0.107. The summed E-state index contributed by atoms with van der Waals surface area (Å²) in [5.41, 5.74) is 0.869. The molecule has 0 radical (unpaired) electrons. The van der Waals surface area contributed by atoms with Crippen molar-refractivity contribution < 1.29 is 14.3 Å². The molecule has 3 heterocycles. The number of esters is 1. The van der Waals surface area contributed by atoms with E-state index in [2.05, 4.69) is 35.9 Å². The minimum Gasteiger partial charge on any atom is -0.466 e. The van der Waals surface area contributed by atoms with Crippen LogP contribution in [0.5, 0.6) is 11.8 Å². The lowest BCUT2D eigenvalue weighted by Crippen LogP contribution is -2.37. The molecule has 8 nitrogen and oxygen atoms in total. The molecule has 140 valence electrons. The maximum Gasteiger partial charge on any atom is 0.309 e. The summed E-state index contributed by atoms with van der Waals surface area (Å²) in [4.78, 5) is 22.6. The van der Waals surface area contributed by atoms with Crippen LogP contribution in [0.15, 0.2) is 16.9 Å². The Kier molecular flexibility index (Phi) is 5.75. The quantitative estimate of drug-likeness (QED) is 0.683. The Bertz CT molecular complexity index is 787. The van der Waals surface area contributed by atoms with Gasteiger partial charge in [-0.1, -0.05) is 0 Å². The molecule has 1 saturated heterocycles. The summed E-state index contributed by atoms with van der Waals surface area (Å²) in [6.07, 6.45) is 2.97. The Morgan fingerprint density at radius 1 is 1.35 bits per heavy atom. The molecule has 9 heteroatoms. The van der Waals surface area contributed by atoms with E-state index in [1.807, 2.05) is 27.0 Å². The zero-order valence-electron chi connectivity index (χ0n) is 15.1. The average molecular weight is 424 g/mol. The van der Waals surface area contributed by atoms with E-state index in [9.17, 15) is 4.79 Å². The van der Waals surface area contributed by atoms with Crippen LogP contribution in [0, 0.1) is 12.8 Å². The predicted octanol–water partition coefficient (Wildman–Crippen LogP) is 2.85. The standard InChI is InChI=1S/C17H22BrN5O3/c1-4-25-17(24)12-5-7-23(8-6-12)15-14(18)16(20-10-19-15)26-13-9-11(2)21-22(13)3/h9-10,12H,4-8H2,1-3H3. The van der Waals surface area contributed by atoms with Crippen LogP contribution in [0.2, 0.25) is 0 Å². The second kappa shape index (κ2) is 8.03. The van der Waals surface area contributed by atoms with Gasteiger partial charge in [0.1, 0.15) is 16.6 Å². The highest BCUT2D eigenvalue weighted by Gasteiger charge is 2.28. The van der Waals surface area contributed by atoms with Gasteiger partial charge < -0.3 is 14.4 Å². The number of hydrogen-bond donors (Lipinski definition) is 0. The lowest BCUT2D eigenvalue weighted by Gasteiger charge is -2.32. The molecular weight excluding hydrogens is 402 g/mol. The molecule has 3 rings (SSSR count). The third-order valence-corrected chi connectivity index (χ3v) is 5.01. The SMILES string of the molecule is CCOC(=O)C1CCN(c2ncnc(Oc3cc(C)nn3C)c2Br)CC1. The first kappa shape index (κ1) is 18.6. The fourth-order valence-corrected chi connectivity index (χ4v) is 3.54. The van der Waals surface area contributed by atoms with Gasteiger partial charge in [-0.05, 0) is 42.6 Å². The molecule has 2 aromatic rings. The highest BCUT2D eigenvalue weighted by Crippen LogP contribution is 2.35. The van der Waals surface area contributed by atoms with Gasteiger partial charge in [0.05, 0.1) is 18.2 Å². The maximum atomic E-state index is 11.9. The predicted molar refractivity (Wildman–Crippen MR) is 99.3 cm³/mol. The van der Waals surface area contributed by atoms with Crippen LogP contribution >= 0.6 is 15.9 Å². The number of nitrogens with zero attached hydrogens (tertiary/aromatic N) is 5. The number of halogens is 1. The van der Waals surface area contributed by atoms with E-state index < -0.39 is 0 Å². The summed E-state index contributed by atoms with van der Waals surface area (Å²) in [6, 6.07) is 1.85. The van der Waals surface area contributed by atoms with Crippen LogP contribution in [-0.4, -0.2) is 45.4 Å². The zero-order chi connectivity index (χ0) is 18.7. The van der Waals surface area contributed by atoms with Crippen LogP contribution in [0.25, 0.3) is 0 Å². The molecule has 0 saturated carbocycles. The van der Waals surface area contributed by atoms with Crippen LogP contribution in [0.1, 0.15) is 25.5 Å². The topological polar surface area (TPSA) is 82.4 Å². The van der Waals surface area contributed by atoms with E-state index in [0.717, 1.165) is 37.4 Å². The van der Waals surface area contributed by atoms with E-state index in [-0.39, 0.29) is 11.9 Å². The molecule has 1 fully saturated rings. The van der Waals surface area contributed by atoms with E-state index in [1.165, 1.54) is 6.33 Å². The van der Waals surface area contributed by atoms with Crippen LogP contribution < -0.4 is 9.64 Å². The molecule has 2 aromatic heterocycles. The summed E-state index contributed by atoms with van der Waals surface area (Å²) in [5.74, 6) is 1.65. The van der Waals surface area contributed by atoms with Crippen LogP contribution in [0.3, 0.4) is 0 Å². The van der Waals surface area contributed by atoms with Gasteiger partial charge in [-0.25, -0.2) is 14.6 Å². The first-order valence-electron chi connectivity index (χ1n) is 8.60. The Hall–Kier alpha value is -2.16. The van der Waals surface area contributed by atoms with Gasteiger partial charge in [-0.15, -0.1) is 0 Å². The number of aromatic nitrogens is 4. The number of carbonyl (C=O) groups is 1. The van der Waals surface area contributed by atoms with Crippen LogP contribution in [-0.2, 0) is 16.6 Å². The molecule has 1 aliphatic heterocycles. The molecule has 0 aromatic carbocycles. The average Bonchev–Trinajstić information content (AvgIpc) is 2.94. The molecule has 1 aliphatic rings. The van der Waals surface area contributed by atoms with Gasteiger partial charge >= 0.3 is 5.97 Å². The van der Waals surface area contributed by atoms with Crippen molar-refractivity contribution in [2.75, 3.05) is 24.6 Å². The van der Waals surface area contributed by atoms with Crippen molar-refractivity contribution >= 4 is 27.7 Å². The third kappa shape index (κ3) is 3.98. The van der Waals surface area contributed by atoms with Gasteiger partial charge in [0.2, 0.25) is 11.8 Å². The van der Waals surface area contributed by atoms with Crippen molar-refractivity contribution in [2.45, 2.75) is 26.7 Å². The molecule has 0 atom stereocenters. The van der Waals surface area contributed by atoms with Crippen molar-refractivity contribution in [3.63, 3.8) is 0 Å². The van der Waals surface area contributed by atoms with Gasteiger partial charge in [-0.2, -0.15) is 5.10 Å². The Labute approximate surface area is 160 Å². The number of carbonyl (C=O) groups excluding carboxylic acids is 1. The molecule has 0 bridgehead atoms. The monoisotopic (exact) mass is 423 g/mol. The fraction of sp³-hybridized carbons (Fsp3) is 0.529. The van der Waals surface area contributed by atoms with E-state index in [1.54, 1.807) is 4.68 Å². The number of rotatable bonds is 5. The lowest BCUT2D eigenvalue weighted by atomic mass is 9.97.